The maximum atomic E-state index is 13.0. The van der Waals surface area contributed by atoms with Crippen molar-refractivity contribution in [2.45, 2.75) is 18.5 Å². The van der Waals surface area contributed by atoms with Crippen LogP contribution in [-0.4, -0.2) is 47.7 Å². The molecule has 0 aliphatic carbocycles. The minimum absolute atomic E-state index is 0.0504. The van der Waals surface area contributed by atoms with E-state index in [1.165, 1.54) is 4.90 Å². The summed E-state index contributed by atoms with van der Waals surface area (Å²) in [6, 6.07) is 11.2. The van der Waals surface area contributed by atoms with E-state index in [-0.39, 0.29) is 29.3 Å². The van der Waals surface area contributed by atoms with Gasteiger partial charge in [0, 0.05) is 21.7 Å². The molecule has 6 nitrogen and oxygen atoms in total. The van der Waals surface area contributed by atoms with Crippen LogP contribution in [0.25, 0.3) is 5.76 Å². The summed E-state index contributed by atoms with van der Waals surface area (Å²) in [5, 5.41) is 11.9. The number of ketones is 1. The number of halogens is 2. The van der Waals surface area contributed by atoms with Crippen molar-refractivity contribution in [3.05, 3.63) is 75.3 Å². The van der Waals surface area contributed by atoms with E-state index in [4.69, 9.17) is 23.2 Å². The Balaban J connectivity index is 1.88. The van der Waals surface area contributed by atoms with Crippen molar-refractivity contribution in [3.8, 4) is 0 Å². The molecule has 9 heteroatoms. The molecular formula is C21H17Cl2NO5S. The van der Waals surface area contributed by atoms with E-state index in [0.717, 1.165) is 0 Å². The largest absolute Gasteiger partial charge is 0.507 e. The van der Waals surface area contributed by atoms with Crippen molar-refractivity contribution in [2.75, 3.05) is 11.5 Å². The number of aliphatic hydroxyl groups is 1. The molecule has 1 N–H and O–H groups in total. The number of sulfone groups is 1. The van der Waals surface area contributed by atoms with Gasteiger partial charge >= 0.3 is 0 Å². The summed E-state index contributed by atoms with van der Waals surface area (Å²) in [6.07, 6.45) is 0.237. The number of carbonyl (C=O) groups is 2. The van der Waals surface area contributed by atoms with Gasteiger partial charge in [-0.1, -0.05) is 35.3 Å². The minimum Gasteiger partial charge on any atom is -0.507 e. The minimum atomic E-state index is -3.30. The van der Waals surface area contributed by atoms with Gasteiger partial charge in [-0.15, -0.1) is 0 Å². The highest BCUT2D eigenvalue weighted by Gasteiger charge is 2.50. The van der Waals surface area contributed by atoms with E-state index in [0.29, 0.717) is 21.2 Å². The lowest BCUT2D eigenvalue weighted by molar-refractivity contribution is -0.141. The third-order valence-corrected chi connectivity index (χ3v) is 7.64. The zero-order valence-corrected chi connectivity index (χ0v) is 17.9. The number of likely N-dealkylation sites (tertiary alicyclic amines) is 1. The third kappa shape index (κ3) is 3.73. The van der Waals surface area contributed by atoms with E-state index < -0.39 is 33.6 Å². The highest BCUT2D eigenvalue weighted by atomic mass is 35.5. The van der Waals surface area contributed by atoms with E-state index in [2.05, 4.69) is 0 Å². The van der Waals surface area contributed by atoms with Gasteiger partial charge < -0.3 is 10.0 Å². The summed E-state index contributed by atoms with van der Waals surface area (Å²) in [5.41, 5.74) is 0.794. The molecule has 30 heavy (non-hydrogen) atoms. The summed E-state index contributed by atoms with van der Waals surface area (Å²) in [7, 11) is -3.30. The van der Waals surface area contributed by atoms with Gasteiger partial charge in [0.1, 0.15) is 5.76 Å². The monoisotopic (exact) mass is 465 g/mol. The van der Waals surface area contributed by atoms with Gasteiger partial charge in [-0.25, -0.2) is 8.42 Å². The Morgan fingerprint density at radius 2 is 1.53 bits per heavy atom. The van der Waals surface area contributed by atoms with Gasteiger partial charge in [-0.3, -0.25) is 9.59 Å². The second-order valence-corrected chi connectivity index (χ2v) is 10.4. The lowest BCUT2D eigenvalue weighted by atomic mass is 9.95. The van der Waals surface area contributed by atoms with Crippen LogP contribution in [0, 0.1) is 0 Å². The number of carbonyl (C=O) groups excluding carboxylic acids is 2. The summed E-state index contributed by atoms with van der Waals surface area (Å²) >= 11 is 11.9. The van der Waals surface area contributed by atoms with Crippen molar-refractivity contribution < 1.29 is 23.1 Å². The van der Waals surface area contributed by atoms with Crippen LogP contribution in [0.15, 0.2) is 54.1 Å². The first-order valence-electron chi connectivity index (χ1n) is 9.20. The van der Waals surface area contributed by atoms with Crippen LogP contribution in [-0.2, 0) is 19.4 Å². The molecule has 0 aromatic heterocycles. The van der Waals surface area contributed by atoms with Gasteiger partial charge in [0.25, 0.3) is 11.7 Å². The molecule has 0 spiro atoms. The molecular weight excluding hydrogens is 449 g/mol. The number of hydrogen-bond acceptors (Lipinski definition) is 5. The fourth-order valence-corrected chi connectivity index (χ4v) is 5.92. The fourth-order valence-electron chi connectivity index (χ4n) is 3.96. The molecule has 2 atom stereocenters. The molecule has 1 amide bonds. The standard InChI is InChI=1S/C21H17Cl2NO5S/c22-14-5-1-12(2-6-14)18-17(19(25)13-3-7-15(23)8-4-13)20(26)21(27)24(18)16-9-10-30(28,29)11-16/h1-8,16,18,25H,9-11H2/t16-,18-/m0/s1. The maximum absolute atomic E-state index is 13.0. The third-order valence-electron chi connectivity index (χ3n) is 5.39. The van der Waals surface area contributed by atoms with Crippen LogP contribution >= 0.6 is 23.2 Å². The van der Waals surface area contributed by atoms with Crippen LogP contribution in [0.2, 0.25) is 10.0 Å². The number of nitrogens with zero attached hydrogens (tertiary/aromatic N) is 1. The van der Waals surface area contributed by atoms with Crippen LogP contribution in [0.5, 0.6) is 0 Å². The summed E-state index contributed by atoms with van der Waals surface area (Å²) in [4.78, 5) is 27.2. The normalized spacial score (nSPS) is 25.1. The van der Waals surface area contributed by atoms with E-state index in [9.17, 15) is 23.1 Å². The van der Waals surface area contributed by atoms with E-state index >= 15 is 0 Å². The first-order valence-corrected chi connectivity index (χ1v) is 11.8. The Labute approximate surface area is 183 Å². The Kier molecular flexibility index (Phi) is 5.38. The SMILES string of the molecule is O=C1C(=O)N([C@H]2CCS(=O)(=O)C2)[C@@H](c2ccc(Cl)cc2)C1=C(O)c1ccc(Cl)cc1. The molecule has 0 bridgehead atoms. The van der Waals surface area contributed by atoms with Gasteiger partial charge in [0.15, 0.2) is 9.84 Å². The zero-order chi connectivity index (χ0) is 21.6. The highest BCUT2D eigenvalue weighted by molar-refractivity contribution is 7.91. The molecule has 2 fully saturated rings. The molecule has 4 rings (SSSR count). The molecule has 0 radical (unpaired) electrons. The van der Waals surface area contributed by atoms with Crippen molar-refractivity contribution in [1.29, 1.82) is 0 Å². The molecule has 156 valence electrons. The average molecular weight is 466 g/mol. The van der Waals surface area contributed by atoms with Crippen LogP contribution in [0.4, 0.5) is 0 Å². The first kappa shape index (κ1) is 20.9. The fraction of sp³-hybridized carbons (Fsp3) is 0.238. The molecule has 0 saturated carbocycles. The highest BCUT2D eigenvalue weighted by Crippen LogP contribution is 2.42. The number of benzene rings is 2. The van der Waals surface area contributed by atoms with Crippen molar-refractivity contribution in [3.63, 3.8) is 0 Å². The Morgan fingerprint density at radius 3 is 2.07 bits per heavy atom. The Bertz CT molecular complexity index is 1160. The van der Waals surface area contributed by atoms with Gasteiger partial charge in [-0.2, -0.15) is 0 Å². The molecule has 0 unspecified atom stereocenters. The van der Waals surface area contributed by atoms with Gasteiger partial charge in [-0.05, 0) is 48.4 Å². The molecule has 2 aromatic carbocycles. The number of hydrogen-bond donors (Lipinski definition) is 1. The molecule has 2 aliphatic heterocycles. The van der Waals surface area contributed by atoms with Crippen LogP contribution < -0.4 is 0 Å². The zero-order valence-electron chi connectivity index (χ0n) is 15.6. The Morgan fingerprint density at radius 1 is 0.967 bits per heavy atom. The second kappa shape index (κ2) is 7.72. The topological polar surface area (TPSA) is 91.8 Å². The smallest absolute Gasteiger partial charge is 0.295 e. The predicted molar refractivity (Wildman–Crippen MR) is 114 cm³/mol. The molecule has 2 aliphatic rings. The lowest BCUT2D eigenvalue weighted by Crippen LogP contribution is -2.40. The van der Waals surface area contributed by atoms with Crippen LogP contribution in [0.1, 0.15) is 23.6 Å². The first-order chi connectivity index (χ1) is 14.2. The Hall–Kier alpha value is -2.35. The van der Waals surface area contributed by atoms with E-state index in [1.807, 2.05) is 0 Å². The molecule has 2 aromatic rings. The maximum Gasteiger partial charge on any atom is 0.295 e. The molecule has 2 saturated heterocycles. The number of Topliss-reactive ketones (excluding diaryl/α,β-unsaturated/α-hetero) is 1. The predicted octanol–water partition coefficient (Wildman–Crippen LogP) is 3.60. The average Bonchev–Trinajstić information content (AvgIpc) is 3.19. The quantitative estimate of drug-likeness (QED) is 0.424. The summed E-state index contributed by atoms with van der Waals surface area (Å²) < 4.78 is 24.1. The molecule has 2 heterocycles. The van der Waals surface area contributed by atoms with Crippen molar-refractivity contribution >= 4 is 50.5 Å². The lowest BCUT2D eigenvalue weighted by Gasteiger charge is -2.30. The van der Waals surface area contributed by atoms with Crippen molar-refractivity contribution in [2.24, 2.45) is 0 Å². The van der Waals surface area contributed by atoms with E-state index in [1.54, 1.807) is 48.5 Å². The summed E-state index contributed by atoms with van der Waals surface area (Å²) in [5.74, 6) is -2.29. The van der Waals surface area contributed by atoms with Gasteiger partial charge in [0.2, 0.25) is 0 Å². The number of amides is 1. The second-order valence-electron chi connectivity index (χ2n) is 7.32. The number of aliphatic hydroxyl groups excluding tert-OH is 1. The number of rotatable bonds is 3. The van der Waals surface area contributed by atoms with Gasteiger partial charge in [0.05, 0.1) is 23.1 Å². The van der Waals surface area contributed by atoms with Crippen LogP contribution in [0.3, 0.4) is 0 Å². The van der Waals surface area contributed by atoms with Crippen molar-refractivity contribution in [1.82, 2.24) is 4.90 Å². The summed E-state index contributed by atoms with van der Waals surface area (Å²) in [6.45, 7) is 0.